The van der Waals surface area contributed by atoms with Crippen LogP contribution in [0.3, 0.4) is 0 Å². The molecule has 0 radical (unpaired) electrons. The molecule has 0 saturated heterocycles. The number of carbonyl (C=O) groups is 1. The molecule has 2 rings (SSSR count). The van der Waals surface area contributed by atoms with Gasteiger partial charge in [-0.2, -0.15) is 0 Å². The molecule has 1 fully saturated rings. The summed E-state index contributed by atoms with van der Waals surface area (Å²) in [4.78, 5) is 12.6. The molecule has 1 aliphatic carbocycles. The van der Waals surface area contributed by atoms with Crippen molar-refractivity contribution in [3.8, 4) is 5.75 Å². The Bertz CT molecular complexity index is 470. The second kappa shape index (κ2) is 5.33. The van der Waals surface area contributed by atoms with Gasteiger partial charge in [-0.15, -0.1) is 0 Å². The fourth-order valence-electron chi connectivity index (χ4n) is 2.76. The standard InChI is InChI=1S/C16H23NO2/c1-11(2)13-9-12(5-6-14(13)19-3)15(18)16(10-17)7-4-8-16/h5-6,9,11H,4,7-8,10,17H2,1-3H3. The maximum absolute atomic E-state index is 12.6. The van der Waals surface area contributed by atoms with Gasteiger partial charge in [-0.1, -0.05) is 20.3 Å². The van der Waals surface area contributed by atoms with Gasteiger partial charge >= 0.3 is 0 Å². The molecule has 1 aromatic rings. The quantitative estimate of drug-likeness (QED) is 0.828. The maximum Gasteiger partial charge on any atom is 0.170 e. The smallest absolute Gasteiger partial charge is 0.170 e. The van der Waals surface area contributed by atoms with Crippen LogP contribution in [-0.4, -0.2) is 19.4 Å². The van der Waals surface area contributed by atoms with Crippen molar-refractivity contribution in [1.29, 1.82) is 0 Å². The molecular formula is C16H23NO2. The highest BCUT2D eigenvalue weighted by atomic mass is 16.5. The van der Waals surface area contributed by atoms with Gasteiger partial charge in [-0.3, -0.25) is 4.79 Å². The molecule has 1 aliphatic rings. The highest BCUT2D eigenvalue weighted by Gasteiger charge is 2.43. The SMILES string of the molecule is COc1ccc(C(=O)C2(CN)CCC2)cc1C(C)C. The first-order chi connectivity index (χ1) is 9.04. The lowest BCUT2D eigenvalue weighted by molar-refractivity contribution is 0.0636. The largest absolute Gasteiger partial charge is 0.496 e. The summed E-state index contributed by atoms with van der Waals surface area (Å²) in [6.07, 6.45) is 2.95. The number of nitrogens with two attached hydrogens (primary N) is 1. The number of hydrogen-bond acceptors (Lipinski definition) is 3. The second-order valence-electron chi connectivity index (χ2n) is 5.78. The Labute approximate surface area is 115 Å². The lowest BCUT2D eigenvalue weighted by atomic mass is 9.64. The lowest BCUT2D eigenvalue weighted by Gasteiger charge is -2.39. The van der Waals surface area contributed by atoms with Gasteiger partial charge in [0.05, 0.1) is 7.11 Å². The van der Waals surface area contributed by atoms with Crippen molar-refractivity contribution in [2.75, 3.05) is 13.7 Å². The molecule has 0 atom stereocenters. The second-order valence-corrected chi connectivity index (χ2v) is 5.78. The minimum atomic E-state index is -0.303. The molecule has 19 heavy (non-hydrogen) atoms. The summed E-state index contributed by atoms with van der Waals surface area (Å²) >= 11 is 0. The molecular weight excluding hydrogens is 238 g/mol. The molecule has 0 spiro atoms. The molecule has 2 N–H and O–H groups in total. The molecule has 104 valence electrons. The first kappa shape index (κ1) is 14.1. The zero-order valence-electron chi connectivity index (χ0n) is 12.0. The van der Waals surface area contributed by atoms with Gasteiger partial charge in [-0.05, 0) is 42.5 Å². The predicted molar refractivity (Wildman–Crippen MR) is 76.8 cm³/mol. The Kier molecular flexibility index (Phi) is 3.95. The fourth-order valence-corrected chi connectivity index (χ4v) is 2.76. The van der Waals surface area contributed by atoms with Crippen LogP contribution in [0.1, 0.15) is 54.9 Å². The van der Waals surface area contributed by atoms with Gasteiger partial charge in [0.1, 0.15) is 5.75 Å². The van der Waals surface area contributed by atoms with Crippen molar-refractivity contribution in [3.63, 3.8) is 0 Å². The van der Waals surface area contributed by atoms with Crippen molar-refractivity contribution in [1.82, 2.24) is 0 Å². The zero-order valence-corrected chi connectivity index (χ0v) is 12.0. The van der Waals surface area contributed by atoms with Gasteiger partial charge in [-0.25, -0.2) is 0 Å². The highest BCUT2D eigenvalue weighted by Crippen LogP contribution is 2.43. The average Bonchev–Trinajstić information content (AvgIpc) is 2.37. The van der Waals surface area contributed by atoms with Gasteiger partial charge < -0.3 is 10.5 Å². The summed E-state index contributed by atoms with van der Waals surface area (Å²) in [5.74, 6) is 1.38. The van der Waals surface area contributed by atoms with E-state index >= 15 is 0 Å². The highest BCUT2D eigenvalue weighted by molar-refractivity contribution is 6.01. The Balaban J connectivity index is 2.35. The number of ether oxygens (including phenoxy) is 1. The molecule has 0 heterocycles. The van der Waals surface area contributed by atoms with Crippen LogP contribution in [0.15, 0.2) is 18.2 Å². The van der Waals surface area contributed by atoms with Crippen LogP contribution in [0.4, 0.5) is 0 Å². The number of ketones is 1. The van der Waals surface area contributed by atoms with E-state index in [1.54, 1.807) is 7.11 Å². The zero-order chi connectivity index (χ0) is 14.0. The third-order valence-corrected chi connectivity index (χ3v) is 4.30. The van der Waals surface area contributed by atoms with Crippen molar-refractivity contribution < 1.29 is 9.53 Å². The number of carbonyl (C=O) groups excluding carboxylic acids is 1. The molecule has 0 amide bonds. The first-order valence-electron chi connectivity index (χ1n) is 6.97. The van der Waals surface area contributed by atoms with Crippen molar-refractivity contribution >= 4 is 5.78 Å². The van der Waals surface area contributed by atoms with E-state index in [9.17, 15) is 4.79 Å². The van der Waals surface area contributed by atoms with E-state index in [2.05, 4.69) is 13.8 Å². The summed E-state index contributed by atoms with van der Waals surface area (Å²) in [5.41, 5.74) is 7.37. The summed E-state index contributed by atoms with van der Waals surface area (Å²) < 4.78 is 5.36. The molecule has 1 saturated carbocycles. The van der Waals surface area contributed by atoms with Gasteiger partial charge in [0.15, 0.2) is 5.78 Å². The fraction of sp³-hybridized carbons (Fsp3) is 0.562. The third kappa shape index (κ3) is 2.39. The van der Waals surface area contributed by atoms with Crippen LogP contribution >= 0.6 is 0 Å². The van der Waals surface area contributed by atoms with E-state index in [1.807, 2.05) is 18.2 Å². The third-order valence-electron chi connectivity index (χ3n) is 4.30. The van der Waals surface area contributed by atoms with E-state index in [0.717, 1.165) is 36.1 Å². The van der Waals surface area contributed by atoms with Crippen molar-refractivity contribution in [2.24, 2.45) is 11.1 Å². The van der Waals surface area contributed by atoms with E-state index < -0.39 is 0 Å². The molecule has 0 aromatic heterocycles. The first-order valence-corrected chi connectivity index (χ1v) is 6.97. The summed E-state index contributed by atoms with van der Waals surface area (Å²) in [6, 6.07) is 5.73. The van der Waals surface area contributed by atoms with E-state index in [-0.39, 0.29) is 11.2 Å². The van der Waals surface area contributed by atoms with Gasteiger partial charge in [0.25, 0.3) is 0 Å². The normalized spacial score (nSPS) is 17.1. The number of Topliss-reactive ketones (excluding diaryl/α,β-unsaturated/α-hetero) is 1. The van der Waals surface area contributed by atoms with Gasteiger partial charge in [0.2, 0.25) is 0 Å². The Morgan fingerprint density at radius 1 is 1.42 bits per heavy atom. The predicted octanol–water partition coefficient (Wildman–Crippen LogP) is 3.13. The van der Waals surface area contributed by atoms with Crippen LogP contribution in [0.5, 0.6) is 5.75 Å². The van der Waals surface area contributed by atoms with Crippen LogP contribution in [0, 0.1) is 5.41 Å². The van der Waals surface area contributed by atoms with E-state index in [4.69, 9.17) is 10.5 Å². The lowest BCUT2D eigenvalue weighted by Crippen LogP contribution is -2.44. The molecule has 3 nitrogen and oxygen atoms in total. The summed E-state index contributed by atoms with van der Waals surface area (Å²) in [6.45, 7) is 4.66. The van der Waals surface area contributed by atoms with Crippen LogP contribution in [0.25, 0.3) is 0 Å². The van der Waals surface area contributed by atoms with Crippen LogP contribution in [-0.2, 0) is 0 Å². The number of hydrogen-bond donors (Lipinski definition) is 1. The molecule has 0 aliphatic heterocycles. The average molecular weight is 261 g/mol. The number of benzene rings is 1. The van der Waals surface area contributed by atoms with Gasteiger partial charge in [0, 0.05) is 17.5 Å². The Morgan fingerprint density at radius 2 is 2.11 bits per heavy atom. The molecule has 0 bridgehead atoms. The molecule has 0 unspecified atom stereocenters. The topological polar surface area (TPSA) is 52.3 Å². The Hall–Kier alpha value is -1.35. The minimum Gasteiger partial charge on any atom is -0.496 e. The minimum absolute atomic E-state index is 0.200. The van der Waals surface area contributed by atoms with Crippen molar-refractivity contribution in [3.05, 3.63) is 29.3 Å². The van der Waals surface area contributed by atoms with E-state index in [0.29, 0.717) is 12.5 Å². The monoisotopic (exact) mass is 261 g/mol. The maximum atomic E-state index is 12.6. The molecule has 1 aromatic carbocycles. The molecule has 3 heteroatoms. The number of methoxy groups -OCH3 is 1. The van der Waals surface area contributed by atoms with Crippen LogP contribution < -0.4 is 10.5 Å². The Morgan fingerprint density at radius 3 is 2.53 bits per heavy atom. The van der Waals surface area contributed by atoms with Crippen LogP contribution in [0.2, 0.25) is 0 Å². The van der Waals surface area contributed by atoms with Crippen molar-refractivity contribution in [2.45, 2.75) is 39.0 Å². The summed E-state index contributed by atoms with van der Waals surface area (Å²) in [7, 11) is 1.66. The van der Waals surface area contributed by atoms with E-state index in [1.165, 1.54) is 0 Å². The number of rotatable bonds is 5. The summed E-state index contributed by atoms with van der Waals surface area (Å²) in [5, 5.41) is 0.